The molecule has 6 heteroatoms. The van der Waals surface area contributed by atoms with Crippen molar-refractivity contribution in [1.82, 2.24) is 10.2 Å². The summed E-state index contributed by atoms with van der Waals surface area (Å²) in [5, 5.41) is 11.8. The van der Waals surface area contributed by atoms with Gasteiger partial charge in [0.1, 0.15) is 0 Å². The summed E-state index contributed by atoms with van der Waals surface area (Å²) in [6, 6.07) is 29.7. The molecule has 3 aromatic carbocycles. The summed E-state index contributed by atoms with van der Waals surface area (Å²) in [7, 11) is 0. The molecule has 0 fully saturated rings. The molecule has 4 nitrogen and oxygen atoms in total. The molecule has 1 aromatic heterocycles. The molecule has 4 rings (SSSR count). The minimum Gasteiger partial charge on any atom is -0.300 e. The van der Waals surface area contributed by atoms with Gasteiger partial charge < -0.3 is 0 Å². The van der Waals surface area contributed by atoms with Crippen LogP contribution in [0.25, 0.3) is 6.08 Å². The number of thioether (sulfide) groups is 1. The summed E-state index contributed by atoms with van der Waals surface area (Å²) in [6.45, 7) is 0. The van der Waals surface area contributed by atoms with Gasteiger partial charge in [-0.1, -0.05) is 126 Å². The highest BCUT2D eigenvalue weighted by molar-refractivity contribution is 8.01. The van der Waals surface area contributed by atoms with Crippen molar-refractivity contribution in [2.75, 3.05) is 11.1 Å². The van der Waals surface area contributed by atoms with Crippen LogP contribution in [0.4, 0.5) is 5.13 Å². The van der Waals surface area contributed by atoms with E-state index in [1.54, 1.807) is 11.8 Å². The number of benzene rings is 3. The topological polar surface area (TPSA) is 54.9 Å². The largest absolute Gasteiger partial charge is 0.300 e. The van der Waals surface area contributed by atoms with Gasteiger partial charge >= 0.3 is 0 Å². The Hall–Kier alpha value is -3.22. The molecule has 0 aliphatic rings. The molecular formula is C25H21N3OS2. The summed E-state index contributed by atoms with van der Waals surface area (Å²) in [4.78, 5) is 13.1. The van der Waals surface area contributed by atoms with Crippen molar-refractivity contribution in [1.29, 1.82) is 0 Å². The van der Waals surface area contributed by atoms with Gasteiger partial charge in [0.25, 0.3) is 0 Å². The van der Waals surface area contributed by atoms with Crippen LogP contribution in [-0.2, 0) is 4.79 Å². The Bertz CT molecular complexity index is 1090. The Labute approximate surface area is 190 Å². The van der Waals surface area contributed by atoms with Gasteiger partial charge in [0.2, 0.25) is 11.0 Å². The fourth-order valence-electron chi connectivity index (χ4n) is 3.15. The number of hydrogen-bond donors (Lipinski definition) is 1. The van der Waals surface area contributed by atoms with Gasteiger partial charge in [-0.05, 0) is 16.7 Å². The number of nitrogens with zero attached hydrogens (tertiary/aromatic N) is 2. The van der Waals surface area contributed by atoms with Crippen LogP contribution in [0.5, 0.6) is 0 Å². The van der Waals surface area contributed by atoms with Crippen LogP contribution in [0.1, 0.15) is 22.6 Å². The number of hydrogen-bond acceptors (Lipinski definition) is 5. The summed E-state index contributed by atoms with van der Waals surface area (Å²) in [6.07, 6.45) is 4.18. The standard InChI is InChI=1S/C25H21N3OS2/c29-23(22(20-14-6-2-7-15-20)21-16-8-3-9-17-21)26-24-27-28-25(31-24)30-18-10-13-19-11-4-1-5-12-19/h1-17,22H,18H2,(H,26,27,29)/b13-10+. The molecule has 0 saturated heterocycles. The van der Waals surface area contributed by atoms with E-state index in [4.69, 9.17) is 0 Å². The first-order valence-corrected chi connectivity index (χ1v) is 11.7. The van der Waals surface area contributed by atoms with E-state index >= 15 is 0 Å². The summed E-state index contributed by atoms with van der Waals surface area (Å²) in [5.74, 6) is 0.263. The van der Waals surface area contributed by atoms with E-state index in [2.05, 4.69) is 39.8 Å². The Kier molecular flexibility index (Phi) is 7.26. The second kappa shape index (κ2) is 10.7. The lowest BCUT2D eigenvalue weighted by atomic mass is 9.90. The first-order chi connectivity index (χ1) is 15.3. The molecule has 31 heavy (non-hydrogen) atoms. The lowest BCUT2D eigenvalue weighted by molar-refractivity contribution is -0.116. The second-order valence-electron chi connectivity index (χ2n) is 6.74. The Morgan fingerprint density at radius 1 is 0.871 bits per heavy atom. The highest BCUT2D eigenvalue weighted by atomic mass is 32.2. The number of carbonyl (C=O) groups is 1. The first kappa shape index (κ1) is 21.0. The summed E-state index contributed by atoms with van der Waals surface area (Å²) < 4.78 is 0.823. The fourth-order valence-corrected chi connectivity index (χ4v) is 4.74. The number of carbonyl (C=O) groups excluding carboxylic acids is 1. The number of amides is 1. The van der Waals surface area contributed by atoms with Crippen LogP contribution in [0.2, 0.25) is 0 Å². The molecule has 0 atom stereocenters. The van der Waals surface area contributed by atoms with Crippen LogP contribution in [0.3, 0.4) is 0 Å². The lowest BCUT2D eigenvalue weighted by Crippen LogP contribution is -2.22. The van der Waals surface area contributed by atoms with E-state index in [0.29, 0.717) is 5.13 Å². The van der Waals surface area contributed by atoms with Gasteiger partial charge in [-0.2, -0.15) is 0 Å². The van der Waals surface area contributed by atoms with Gasteiger partial charge in [0.15, 0.2) is 4.34 Å². The minimum absolute atomic E-state index is 0.117. The van der Waals surface area contributed by atoms with E-state index in [0.717, 1.165) is 21.2 Å². The monoisotopic (exact) mass is 443 g/mol. The van der Waals surface area contributed by atoms with Crippen LogP contribution < -0.4 is 5.32 Å². The maximum absolute atomic E-state index is 13.1. The molecular weight excluding hydrogens is 422 g/mol. The zero-order valence-electron chi connectivity index (χ0n) is 16.7. The number of nitrogens with one attached hydrogen (secondary N) is 1. The van der Waals surface area contributed by atoms with E-state index < -0.39 is 5.92 Å². The third-order valence-electron chi connectivity index (χ3n) is 4.58. The van der Waals surface area contributed by atoms with Crippen molar-refractivity contribution in [2.24, 2.45) is 0 Å². The number of anilines is 1. The van der Waals surface area contributed by atoms with Crippen LogP contribution in [0.15, 0.2) is 101 Å². The van der Waals surface area contributed by atoms with Gasteiger partial charge in [-0.15, -0.1) is 10.2 Å². The molecule has 1 amide bonds. The average Bonchev–Trinajstić information content (AvgIpc) is 3.26. The Balaban J connectivity index is 1.40. The van der Waals surface area contributed by atoms with Crippen molar-refractivity contribution in [2.45, 2.75) is 10.3 Å². The second-order valence-corrected chi connectivity index (χ2v) is 8.99. The molecule has 0 radical (unpaired) electrons. The first-order valence-electron chi connectivity index (χ1n) is 9.88. The molecule has 0 aliphatic heterocycles. The van der Waals surface area contributed by atoms with Gasteiger partial charge in [-0.3, -0.25) is 10.1 Å². The lowest BCUT2D eigenvalue weighted by Gasteiger charge is -2.16. The van der Waals surface area contributed by atoms with Crippen LogP contribution >= 0.6 is 23.1 Å². The molecule has 1 N–H and O–H groups in total. The summed E-state index contributed by atoms with van der Waals surface area (Å²) >= 11 is 2.99. The predicted molar refractivity (Wildman–Crippen MR) is 129 cm³/mol. The average molecular weight is 444 g/mol. The fraction of sp³-hybridized carbons (Fsp3) is 0.0800. The van der Waals surface area contributed by atoms with E-state index in [1.165, 1.54) is 16.9 Å². The Morgan fingerprint density at radius 2 is 1.45 bits per heavy atom. The molecule has 0 aliphatic carbocycles. The molecule has 1 heterocycles. The highest BCUT2D eigenvalue weighted by Crippen LogP contribution is 2.29. The van der Waals surface area contributed by atoms with Crippen LogP contribution in [0, 0.1) is 0 Å². The SMILES string of the molecule is O=C(Nc1nnc(SC/C=C/c2ccccc2)s1)C(c1ccccc1)c1ccccc1. The van der Waals surface area contributed by atoms with Crippen LogP contribution in [-0.4, -0.2) is 21.9 Å². The van der Waals surface area contributed by atoms with Gasteiger partial charge in [-0.25, -0.2) is 0 Å². The maximum atomic E-state index is 13.1. The molecule has 0 spiro atoms. The van der Waals surface area contributed by atoms with E-state index in [9.17, 15) is 4.79 Å². The number of aromatic nitrogens is 2. The predicted octanol–water partition coefficient (Wildman–Crippen LogP) is 6.11. The maximum Gasteiger partial charge on any atom is 0.238 e. The zero-order chi connectivity index (χ0) is 21.3. The summed E-state index contributed by atoms with van der Waals surface area (Å²) in [5.41, 5.74) is 3.05. The highest BCUT2D eigenvalue weighted by Gasteiger charge is 2.23. The van der Waals surface area contributed by atoms with Gasteiger partial charge in [0, 0.05) is 5.75 Å². The van der Waals surface area contributed by atoms with E-state index in [-0.39, 0.29) is 5.91 Å². The normalized spacial score (nSPS) is 11.1. The molecule has 0 unspecified atom stereocenters. The third kappa shape index (κ3) is 5.90. The van der Waals surface area contributed by atoms with Crippen molar-refractivity contribution in [3.8, 4) is 0 Å². The van der Waals surface area contributed by atoms with Crippen molar-refractivity contribution in [3.05, 3.63) is 114 Å². The molecule has 0 saturated carbocycles. The van der Waals surface area contributed by atoms with E-state index in [1.807, 2.05) is 78.9 Å². The van der Waals surface area contributed by atoms with Crippen molar-refractivity contribution >= 4 is 40.2 Å². The third-order valence-corrected chi connectivity index (χ3v) is 6.50. The molecule has 4 aromatic rings. The van der Waals surface area contributed by atoms with Crippen molar-refractivity contribution in [3.63, 3.8) is 0 Å². The minimum atomic E-state index is -0.406. The number of rotatable bonds is 8. The molecule has 0 bridgehead atoms. The van der Waals surface area contributed by atoms with Gasteiger partial charge in [0.05, 0.1) is 5.92 Å². The Morgan fingerprint density at radius 3 is 2.06 bits per heavy atom. The smallest absolute Gasteiger partial charge is 0.238 e. The van der Waals surface area contributed by atoms with Crippen molar-refractivity contribution < 1.29 is 4.79 Å². The quantitative estimate of drug-likeness (QED) is 0.263. The zero-order valence-corrected chi connectivity index (χ0v) is 18.4. The molecule has 154 valence electrons.